The Hall–Kier alpha value is -1.61. The van der Waals surface area contributed by atoms with Crippen molar-refractivity contribution in [3.05, 3.63) is 52.0 Å². The van der Waals surface area contributed by atoms with Gasteiger partial charge in [-0.1, -0.05) is 32.1 Å². The average Bonchev–Trinajstić information content (AvgIpc) is 2.23. The number of allylic oxidation sites excluding steroid dienone is 2. The quantitative estimate of drug-likeness (QED) is 0.632. The van der Waals surface area contributed by atoms with Gasteiger partial charge in [-0.05, 0) is 23.8 Å². The summed E-state index contributed by atoms with van der Waals surface area (Å²) in [5.74, 6) is -0.508. The van der Waals surface area contributed by atoms with Crippen LogP contribution in [-0.2, 0) is 20.4 Å². The Morgan fingerprint density at radius 3 is 1.84 bits per heavy atom. The van der Waals surface area contributed by atoms with Crippen molar-refractivity contribution in [2.45, 2.75) is 0 Å². The van der Waals surface area contributed by atoms with Crippen LogP contribution in [0.25, 0.3) is 6.08 Å². The highest BCUT2D eigenvalue weighted by atomic mass is 32.3. The zero-order chi connectivity index (χ0) is 14.7. The van der Waals surface area contributed by atoms with Crippen LogP contribution < -0.4 is 0 Å². The molecule has 0 amide bonds. The number of rotatable bonds is 4. The molecule has 0 radical (unpaired) electrons. The fraction of sp³-hybridized carbons (Fsp3) is 0. The molecule has 0 heterocycles. The van der Waals surface area contributed by atoms with Crippen molar-refractivity contribution in [1.29, 1.82) is 0 Å². The van der Waals surface area contributed by atoms with Crippen molar-refractivity contribution in [3.63, 3.8) is 0 Å². The molecule has 1 aromatic carbocycles. The van der Waals surface area contributed by atoms with Gasteiger partial charge in [0.15, 0.2) is 0 Å². The van der Waals surface area contributed by atoms with E-state index in [9.17, 15) is 29.0 Å². The molecule has 0 aliphatic rings. The lowest BCUT2D eigenvalue weighted by Crippen LogP contribution is -2.04. The molecule has 0 aliphatic heterocycles. The molecule has 0 unspecified atom stereocenters. The van der Waals surface area contributed by atoms with Crippen LogP contribution in [0.2, 0.25) is 0 Å². The van der Waals surface area contributed by atoms with E-state index in [0.717, 1.165) is 24.3 Å². The third kappa shape index (κ3) is 4.87. The van der Waals surface area contributed by atoms with E-state index in [0.29, 0.717) is 5.56 Å². The Morgan fingerprint density at radius 1 is 0.947 bits per heavy atom. The molecule has 0 atom stereocenters. The predicted molar refractivity (Wildman–Crippen MR) is 63.6 cm³/mol. The number of halogens is 3. The van der Waals surface area contributed by atoms with E-state index >= 15 is 0 Å². The van der Waals surface area contributed by atoms with E-state index < -0.39 is 30.5 Å². The SMILES string of the molecule is O=S(=O)(F)C(=C/C=C/c1ccc(F)cc1)S(=O)(=O)F. The van der Waals surface area contributed by atoms with Crippen LogP contribution in [-0.4, -0.2) is 16.8 Å². The Kier molecular flexibility index (Phi) is 4.53. The Labute approximate surface area is 108 Å². The molecular weight excluding hydrogens is 305 g/mol. The van der Waals surface area contributed by atoms with E-state index in [-0.39, 0.29) is 6.08 Å². The first kappa shape index (κ1) is 15.4. The average molecular weight is 312 g/mol. The third-order valence-electron chi connectivity index (χ3n) is 1.87. The van der Waals surface area contributed by atoms with Crippen LogP contribution >= 0.6 is 0 Å². The summed E-state index contributed by atoms with van der Waals surface area (Å²) in [6.07, 6.45) is 2.22. The lowest BCUT2D eigenvalue weighted by molar-refractivity contribution is 0.550. The Balaban J connectivity index is 3.10. The minimum atomic E-state index is -5.70. The van der Waals surface area contributed by atoms with Gasteiger partial charge in [0, 0.05) is 0 Å². The van der Waals surface area contributed by atoms with Gasteiger partial charge in [0.2, 0.25) is 4.24 Å². The summed E-state index contributed by atoms with van der Waals surface area (Å²) in [4.78, 5) is 0. The zero-order valence-corrected chi connectivity index (χ0v) is 10.8. The van der Waals surface area contributed by atoms with Gasteiger partial charge < -0.3 is 0 Å². The van der Waals surface area contributed by atoms with Crippen molar-refractivity contribution in [1.82, 2.24) is 0 Å². The molecule has 0 fully saturated rings. The summed E-state index contributed by atoms with van der Waals surface area (Å²) < 4.78 is 77.3. The summed E-state index contributed by atoms with van der Waals surface area (Å²) in [5, 5.41) is 0. The van der Waals surface area contributed by atoms with Crippen LogP contribution in [0.4, 0.5) is 12.2 Å². The smallest absolute Gasteiger partial charge is 0.207 e. The maximum absolute atomic E-state index is 12.6. The second kappa shape index (κ2) is 5.57. The van der Waals surface area contributed by atoms with Crippen LogP contribution in [0, 0.1) is 5.82 Å². The second-order valence-electron chi connectivity index (χ2n) is 3.27. The van der Waals surface area contributed by atoms with Crippen LogP contribution in [0.15, 0.2) is 40.7 Å². The predicted octanol–water partition coefficient (Wildman–Crippen LogP) is 2.28. The molecule has 9 heteroatoms. The van der Waals surface area contributed by atoms with Crippen LogP contribution in [0.5, 0.6) is 0 Å². The summed E-state index contributed by atoms with van der Waals surface area (Å²) >= 11 is 0. The Bertz CT molecular complexity index is 683. The van der Waals surface area contributed by atoms with Crippen molar-refractivity contribution < 1.29 is 29.0 Å². The minimum absolute atomic E-state index is 0.258. The Morgan fingerprint density at radius 2 is 1.42 bits per heavy atom. The molecule has 0 N–H and O–H groups in total. The molecule has 0 saturated carbocycles. The van der Waals surface area contributed by atoms with E-state index in [1.165, 1.54) is 12.1 Å². The molecule has 0 bridgehead atoms. The highest BCUT2D eigenvalue weighted by Gasteiger charge is 2.29. The fourth-order valence-corrected chi connectivity index (χ4v) is 2.53. The van der Waals surface area contributed by atoms with Crippen molar-refractivity contribution in [2.75, 3.05) is 0 Å². The summed E-state index contributed by atoms with van der Waals surface area (Å²) in [6.45, 7) is 0. The summed E-state index contributed by atoms with van der Waals surface area (Å²) in [7, 11) is -11.4. The van der Waals surface area contributed by atoms with E-state index in [1.807, 2.05) is 0 Å². The van der Waals surface area contributed by atoms with E-state index in [2.05, 4.69) is 0 Å². The minimum Gasteiger partial charge on any atom is -0.207 e. The molecule has 0 saturated heterocycles. The number of hydrogen-bond acceptors (Lipinski definition) is 4. The first-order valence-corrected chi connectivity index (χ1v) is 7.40. The standard InChI is InChI=1S/C10H7F3O4S2/c11-9-6-4-8(5-7-9)2-1-3-10(18(12,14)15)19(13,16)17/h1-7H/b2-1+. The monoisotopic (exact) mass is 312 g/mol. The van der Waals surface area contributed by atoms with Gasteiger partial charge in [-0.25, -0.2) is 4.39 Å². The maximum Gasteiger partial charge on any atom is 0.345 e. The third-order valence-corrected chi connectivity index (χ3v) is 4.30. The molecule has 1 rings (SSSR count). The fourth-order valence-electron chi connectivity index (χ4n) is 1.09. The number of hydrogen-bond donors (Lipinski definition) is 0. The normalized spacial score (nSPS) is 12.6. The topological polar surface area (TPSA) is 68.3 Å². The van der Waals surface area contributed by atoms with E-state index in [4.69, 9.17) is 0 Å². The van der Waals surface area contributed by atoms with Gasteiger partial charge in [-0.2, -0.15) is 16.8 Å². The lowest BCUT2D eigenvalue weighted by Gasteiger charge is -1.94. The molecule has 1 aromatic rings. The van der Waals surface area contributed by atoms with Gasteiger partial charge in [0.05, 0.1) is 0 Å². The first-order valence-electron chi connectivity index (χ1n) is 4.64. The molecule has 0 aliphatic carbocycles. The van der Waals surface area contributed by atoms with Crippen molar-refractivity contribution >= 4 is 26.5 Å². The zero-order valence-electron chi connectivity index (χ0n) is 9.12. The highest BCUT2D eigenvalue weighted by Crippen LogP contribution is 2.18. The number of benzene rings is 1. The first-order chi connectivity index (χ1) is 8.60. The molecular formula is C10H7F3O4S2. The molecule has 19 heavy (non-hydrogen) atoms. The van der Waals surface area contributed by atoms with Crippen molar-refractivity contribution in [3.8, 4) is 0 Å². The van der Waals surface area contributed by atoms with E-state index in [1.54, 1.807) is 0 Å². The second-order valence-corrected chi connectivity index (χ2v) is 6.16. The van der Waals surface area contributed by atoms with Crippen molar-refractivity contribution in [2.24, 2.45) is 0 Å². The summed E-state index contributed by atoms with van der Waals surface area (Å²) in [5.41, 5.74) is 0.379. The summed E-state index contributed by atoms with van der Waals surface area (Å²) in [6, 6.07) is 4.80. The maximum atomic E-state index is 12.6. The largest absolute Gasteiger partial charge is 0.345 e. The van der Waals surface area contributed by atoms with Crippen LogP contribution in [0.3, 0.4) is 0 Å². The lowest BCUT2D eigenvalue weighted by atomic mass is 10.2. The van der Waals surface area contributed by atoms with Crippen LogP contribution in [0.1, 0.15) is 5.56 Å². The molecule has 0 spiro atoms. The molecule has 4 nitrogen and oxygen atoms in total. The molecule has 104 valence electrons. The van der Waals surface area contributed by atoms with Gasteiger partial charge in [-0.3, -0.25) is 0 Å². The van der Waals surface area contributed by atoms with Gasteiger partial charge >= 0.3 is 20.4 Å². The van der Waals surface area contributed by atoms with Gasteiger partial charge in [-0.15, -0.1) is 0 Å². The highest BCUT2D eigenvalue weighted by molar-refractivity contribution is 8.09. The van der Waals surface area contributed by atoms with Gasteiger partial charge in [0.1, 0.15) is 5.82 Å². The molecule has 0 aromatic heterocycles. The van der Waals surface area contributed by atoms with Gasteiger partial charge in [0.25, 0.3) is 0 Å².